The zero-order valence-electron chi connectivity index (χ0n) is 32.2. The highest BCUT2D eigenvalue weighted by Crippen LogP contribution is 2.63. The second-order valence-electron chi connectivity index (χ2n) is 15.9. The maximum atomic E-state index is 16.6. The summed E-state index contributed by atoms with van der Waals surface area (Å²) in [5.41, 5.74) is 12.0. The topological polar surface area (TPSA) is 46.6 Å². The van der Waals surface area contributed by atoms with Gasteiger partial charge in [-0.25, -0.2) is 0 Å². The molecule has 2 aliphatic rings. The van der Waals surface area contributed by atoms with Gasteiger partial charge in [-0.05, 0) is 94.0 Å². The van der Waals surface area contributed by atoms with Crippen molar-refractivity contribution in [3.8, 4) is 11.1 Å². The van der Waals surface area contributed by atoms with Crippen LogP contribution in [0.1, 0.15) is 22.3 Å². The Labute approximate surface area is 345 Å². The molecule has 0 N–H and O–H groups in total. The fourth-order valence-corrected chi connectivity index (χ4v) is 13.5. The molecule has 0 saturated heterocycles. The lowest BCUT2D eigenvalue weighted by Gasteiger charge is -2.50. The number of rotatable bonds is 3. The van der Waals surface area contributed by atoms with Gasteiger partial charge in [-0.3, -0.25) is 0 Å². The molecule has 0 bridgehead atoms. The van der Waals surface area contributed by atoms with Crippen molar-refractivity contribution >= 4 is 84.0 Å². The van der Waals surface area contributed by atoms with Gasteiger partial charge in [-0.15, -0.1) is 0 Å². The van der Waals surface area contributed by atoms with Crippen molar-refractivity contribution in [1.82, 2.24) is 0 Å². The van der Waals surface area contributed by atoms with Gasteiger partial charge in [0.05, 0.1) is 16.8 Å². The lowest BCUT2D eigenvalue weighted by atomic mass is 9.61. The average Bonchev–Trinajstić information content (AvgIpc) is 3.88. The van der Waals surface area contributed by atoms with Crippen LogP contribution < -0.4 is 20.8 Å². The maximum Gasteiger partial charge on any atom is 0.171 e. The van der Waals surface area contributed by atoms with E-state index >= 15 is 4.57 Å². The molecular formula is C55H34NO3P. The number of para-hydroxylation sites is 4. The minimum absolute atomic E-state index is 0.729. The molecule has 282 valence electrons. The van der Waals surface area contributed by atoms with Gasteiger partial charge in [0.25, 0.3) is 0 Å². The molecular weight excluding hydrogens is 754 g/mol. The largest absolute Gasteiger partial charge is 0.456 e. The van der Waals surface area contributed by atoms with E-state index in [1.54, 1.807) is 0 Å². The third-order valence-corrected chi connectivity index (χ3v) is 16.1. The fourth-order valence-electron chi connectivity index (χ4n) is 10.4. The van der Waals surface area contributed by atoms with Crippen LogP contribution in [0, 0.1) is 0 Å². The molecule has 0 saturated carbocycles. The second-order valence-corrected chi connectivity index (χ2v) is 18.6. The van der Waals surface area contributed by atoms with Crippen molar-refractivity contribution in [3.05, 3.63) is 229 Å². The first-order valence-electron chi connectivity index (χ1n) is 20.4. The van der Waals surface area contributed by atoms with E-state index in [0.29, 0.717) is 0 Å². The molecule has 9 aromatic carbocycles. The van der Waals surface area contributed by atoms with Gasteiger partial charge in [0.1, 0.15) is 22.3 Å². The number of nitrogens with zero attached hydrogens (tertiary/aromatic N) is 1. The van der Waals surface area contributed by atoms with Crippen LogP contribution in [0.25, 0.3) is 55.0 Å². The monoisotopic (exact) mass is 787 g/mol. The molecule has 11 aromatic rings. The number of hydrogen-bond donors (Lipinski definition) is 0. The molecule has 0 fully saturated rings. The fraction of sp³-hybridized carbons (Fsp3) is 0.0182. The summed E-state index contributed by atoms with van der Waals surface area (Å²) < 4.78 is 29.6. The molecule has 4 heterocycles. The summed E-state index contributed by atoms with van der Waals surface area (Å²) in [4.78, 5) is 2.40. The highest BCUT2D eigenvalue weighted by Gasteiger charge is 2.55. The van der Waals surface area contributed by atoms with E-state index in [4.69, 9.17) is 8.83 Å². The summed E-state index contributed by atoms with van der Waals surface area (Å²) in [5, 5.41) is 6.69. The summed E-state index contributed by atoms with van der Waals surface area (Å²) in [7, 11) is -3.46. The molecule has 1 spiro atoms. The predicted molar refractivity (Wildman–Crippen MR) is 246 cm³/mol. The van der Waals surface area contributed by atoms with Gasteiger partial charge in [0.15, 0.2) is 7.14 Å². The van der Waals surface area contributed by atoms with Crippen molar-refractivity contribution < 1.29 is 13.4 Å². The number of fused-ring (bicyclic) bond motifs is 14. The highest BCUT2D eigenvalue weighted by atomic mass is 31.2. The lowest BCUT2D eigenvalue weighted by molar-refractivity contribution is 0.590. The average molecular weight is 788 g/mol. The Morgan fingerprint density at radius 2 is 0.950 bits per heavy atom. The first kappa shape index (κ1) is 33.6. The van der Waals surface area contributed by atoms with E-state index in [1.807, 2.05) is 60.7 Å². The zero-order valence-corrected chi connectivity index (χ0v) is 33.1. The first-order chi connectivity index (χ1) is 29.6. The summed E-state index contributed by atoms with van der Waals surface area (Å²) in [6, 6.07) is 72.1. The van der Waals surface area contributed by atoms with Crippen molar-refractivity contribution in [2.75, 3.05) is 4.90 Å². The summed E-state index contributed by atoms with van der Waals surface area (Å²) >= 11 is 0. The highest BCUT2D eigenvalue weighted by molar-refractivity contribution is 7.85. The van der Waals surface area contributed by atoms with Gasteiger partial charge in [-0.2, -0.15) is 0 Å². The molecule has 0 aliphatic carbocycles. The molecule has 0 radical (unpaired) electrons. The summed E-state index contributed by atoms with van der Waals surface area (Å²) in [6.07, 6.45) is 0. The van der Waals surface area contributed by atoms with Crippen LogP contribution in [-0.2, 0) is 9.98 Å². The predicted octanol–water partition coefficient (Wildman–Crippen LogP) is 13.3. The maximum absolute atomic E-state index is 16.6. The normalized spacial score (nSPS) is 17.8. The number of anilines is 3. The quantitative estimate of drug-likeness (QED) is 0.167. The minimum Gasteiger partial charge on any atom is -0.456 e. The molecule has 60 heavy (non-hydrogen) atoms. The molecule has 4 nitrogen and oxygen atoms in total. The Hall–Kier alpha value is -7.39. The SMILES string of the molecule is O=P1(c2ccccc2)c2ccccc2C2(c3ccccc3N(c3ccccc3)c3cc(-c4ccc5c(c4)oc4ccccc45)ccc32)c2cc3c(cc21)oc1ccccc13. The van der Waals surface area contributed by atoms with Crippen LogP contribution in [0.3, 0.4) is 0 Å². The van der Waals surface area contributed by atoms with Gasteiger partial charge >= 0.3 is 0 Å². The molecule has 2 aliphatic heterocycles. The van der Waals surface area contributed by atoms with E-state index in [0.717, 1.165) is 110 Å². The van der Waals surface area contributed by atoms with Crippen LogP contribution in [0.15, 0.2) is 215 Å². The third kappa shape index (κ3) is 4.38. The smallest absolute Gasteiger partial charge is 0.171 e. The van der Waals surface area contributed by atoms with E-state index in [-0.39, 0.29) is 0 Å². The van der Waals surface area contributed by atoms with Crippen LogP contribution in [0.5, 0.6) is 0 Å². The Bertz CT molecular complexity index is 3600. The van der Waals surface area contributed by atoms with E-state index in [1.165, 1.54) is 0 Å². The summed E-state index contributed by atoms with van der Waals surface area (Å²) in [5.74, 6) is 0. The zero-order chi connectivity index (χ0) is 39.6. The molecule has 2 atom stereocenters. The Kier molecular flexibility index (Phi) is 6.89. The minimum atomic E-state index is -3.46. The lowest BCUT2D eigenvalue weighted by Crippen LogP contribution is -2.49. The molecule has 13 rings (SSSR count). The van der Waals surface area contributed by atoms with E-state index < -0.39 is 12.6 Å². The molecule has 0 amide bonds. The molecule has 5 heteroatoms. The number of hydrogen-bond acceptors (Lipinski definition) is 4. The van der Waals surface area contributed by atoms with Crippen LogP contribution in [0.4, 0.5) is 17.1 Å². The van der Waals surface area contributed by atoms with E-state index in [9.17, 15) is 0 Å². The summed E-state index contributed by atoms with van der Waals surface area (Å²) in [6.45, 7) is 0. The molecule has 2 aromatic heterocycles. The van der Waals surface area contributed by atoms with Crippen molar-refractivity contribution in [1.29, 1.82) is 0 Å². The van der Waals surface area contributed by atoms with Crippen molar-refractivity contribution in [2.24, 2.45) is 0 Å². The van der Waals surface area contributed by atoms with Gasteiger partial charge < -0.3 is 18.3 Å². The van der Waals surface area contributed by atoms with Crippen molar-refractivity contribution in [2.45, 2.75) is 5.41 Å². The number of furan rings is 2. The third-order valence-electron chi connectivity index (χ3n) is 12.9. The Morgan fingerprint density at radius 3 is 1.73 bits per heavy atom. The molecule has 2 unspecified atom stereocenters. The van der Waals surface area contributed by atoms with Crippen LogP contribution in [0.2, 0.25) is 0 Å². The van der Waals surface area contributed by atoms with Crippen LogP contribution >= 0.6 is 7.14 Å². The standard InChI is InChI=1S/C55H34NO3P/c57-60(38-17-5-2-6-18-38)53-26-14-10-22-45(53)55(46-33-42-40-20-8-13-25-50(40)59-52(42)34-54(46)60)43-21-9-11-23-47(43)56(37-15-3-1-4-16-37)48-31-35(28-30-44(48)55)36-27-29-41-39-19-7-12-24-49(39)58-51(41)32-36/h1-34H. The second kappa shape index (κ2) is 12.3. The van der Waals surface area contributed by atoms with Gasteiger partial charge in [0.2, 0.25) is 0 Å². The Morgan fingerprint density at radius 1 is 0.383 bits per heavy atom. The van der Waals surface area contributed by atoms with Crippen LogP contribution in [-0.4, -0.2) is 0 Å². The van der Waals surface area contributed by atoms with Gasteiger partial charge in [0, 0.05) is 43.1 Å². The Balaban J connectivity index is 1.18. The first-order valence-corrected chi connectivity index (χ1v) is 22.1. The van der Waals surface area contributed by atoms with E-state index in [2.05, 4.69) is 150 Å². The van der Waals surface area contributed by atoms with Gasteiger partial charge in [-0.1, -0.05) is 146 Å². The van der Waals surface area contributed by atoms with Crippen molar-refractivity contribution in [3.63, 3.8) is 0 Å². The number of benzene rings is 9.